The maximum Gasteiger partial charge on any atom is 0.135 e. The second kappa shape index (κ2) is 5.53. The van der Waals surface area contributed by atoms with Crippen molar-refractivity contribution in [2.45, 2.75) is 59.3 Å². The molecule has 0 aromatic heterocycles. The van der Waals surface area contributed by atoms with Crippen molar-refractivity contribution in [3.05, 3.63) is 0 Å². The lowest BCUT2D eigenvalue weighted by molar-refractivity contribution is -0.126. The maximum atomic E-state index is 11.8. The minimum absolute atomic E-state index is 0.284. The van der Waals surface area contributed by atoms with E-state index in [-0.39, 0.29) is 5.92 Å². The van der Waals surface area contributed by atoms with Gasteiger partial charge in [0.25, 0.3) is 0 Å². The number of carbonyl (C=O) groups excluding carboxylic acids is 1. The first-order chi connectivity index (χ1) is 7.45. The second-order valence-corrected chi connectivity index (χ2v) is 6.10. The van der Waals surface area contributed by atoms with Crippen LogP contribution in [0.25, 0.3) is 0 Å². The van der Waals surface area contributed by atoms with Crippen LogP contribution < -0.4 is 0 Å². The first kappa shape index (κ1) is 13.3. The van der Waals surface area contributed by atoms with Crippen molar-refractivity contribution in [3.8, 4) is 12.3 Å². The molecule has 0 spiro atoms. The Morgan fingerprint density at radius 2 is 2.12 bits per heavy atom. The predicted molar refractivity (Wildman–Crippen MR) is 68.0 cm³/mol. The van der Waals surface area contributed by atoms with Gasteiger partial charge in [0, 0.05) is 18.8 Å². The molecule has 0 radical (unpaired) electrons. The number of hydrogen-bond donors (Lipinski definition) is 0. The van der Waals surface area contributed by atoms with Crippen molar-refractivity contribution in [2.75, 3.05) is 0 Å². The first-order valence-corrected chi connectivity index (χ1v) is 6.41. The molecule has 1 heteroatoms. The molecule has 16 heavy (non-hydrogen) atoms. The monoisotopic (exact) mass is 220 g/mol. The van der Waals surface area contributed by atoms with E-state index in [1.54, 1.807) is 0 Å². The van der Waals surface area contributed by atoms with Crippen LogP contribution in [0.5, 0.6) is 0 Å². The molecular weight excluding hydrogens is 196 g/mol. The Labute approximate surface area is 100 Å². The molecule has 1 rings (SSSR count). The van der Waals surface area contributed by atoms with E-state index in [2.05, 4.69) is 26.7 Å². The third kappa shape index (κ3) is 3.67. The van der Waals surface area contributed by atoms with Gasteiger partial charge in [-0.05, 0) is 37.0 Å². The number of carbonyl (C=O) groups is 1. The quantitative estimate of drug-likeness (QED) is 0.522. The molecule has 0 aromatic carbocycles. The summed E-state index contributed by atoms with van der Waals surface area (Å²) in [5.41, 5.74) is 0.338. The van der Waals surface area contributed by atoms with Crippen molar-refractivity contribution >= 4 is 5.78 Å². The minimum atomic E-state index is 0.284. The van der Waals surface area contributed by atoms with Gasteiger partial charge in [0.05, 0.1) is 0 Å². The van der Waals surface area contributed by atoms with Gasteiger partial charge in [-0.3, -0.25) is 4.79 Å². The fourth-order valence-corrected chi connectivity index (χ4v) is 2.63. The third-order valence-corrected chi connectivity index (χ3v) is 3.86. The number of unbranched alkanes of at least 4 members (excludes halogenated alkanes) is 1. The van der Waals surface area contributed by atoms with E-state index < -0.39 is 0 Å². The van der Waals surface area contributed by atoms with Crippen LogP contribution in [0.15, 0.2) is 0 Å². The van der Waals surface area contributed by atoms with Crippen LogP contribution in [0.4, 0.5) is 0 Å². The molecule has 0 aliphatic heterocycles. The fourth-order valence-electron chi connectivity index (χ4n) is 2.63. The van der Waals surface area contributed by atoms with E-state index in [4.69, 9.17) is 6.42 Å². The maximum absolute atomic E-state index is 11.8. The fraction of sp³-hybridized carbons (Fsp3) is 0.800. The Morgan fingerprint density at radius 1 is 1.44 bits per heavy atom. The summed E-state index contributed by atoms with van der Waals surface area (Å²) in [6, 6.07) is 0. The first-order valence-electron chi connectivity index (χ1n) is 6.41. The van der Waals surface area contributed by atoms with Crippen LogP contribution in [0.1, 0.15) is 59.3 Å². The average Bonchev–Trinajstić information content (AvgIpc) is 2.19. The molecule has 90 valence electrons. The van der Waals surface area contributed by atoms with Crippen molar-refractivity contribution in [1.29, 1.82) is 0 Å². The van der Waals surface area contributed by atoms with Gasteiger partial charge in [0.15, 0.2) is 0 Å². The summed E-state index contributed by atoms with van der Waals surface area (Å²) in [5, 5.41) is 0. The zero-order valence-corrected chi connectivity index (χ0v) is 10.9. The summed E-state index contributed by atoms with van der Waals surface area (Å²) >= 11 is 0. The molecule has 0 saturated heterocycles. The van der Waals surface area contributed by atoms with Gasteiger partial charge in [-0.15, -0.1) is 12.3 Å². The lowest BCUT2D eigenvalue weighted by Gasteiger charge is -2.37. The van der Waals surface area contributed by atoms with E-state index in [0.717, 1.165) is 38.5 Å². The molecule has 0 bridgehead atoms. The zero-order chi connectivity index (χ0) is 12.2. The van der Waals surface area contributed by atoms with Crippen LogP contribution >= 0.6 is 0 Å². The van der Waals surface area contributed by atoms with Crippen LogP contribution in [-0.4, -0.2) is 5.78 Å². The highest BCUT2D eigenvalue weighted by atomic mass is 16.1. The molecule has 1 nitrogen and oxygen atoms in total. The Hall–Kier alpha value is -0.770. The number of rotatable bonds is 3. The topological polar surface area (TPSA) is 17.1 Å². The Kier molecular flexibility index (Phi) is 4.59. The Balaban J connectivity index is 2.49. The van der Waals surface area contributed by atoms with Crippen molar-refractivity contribution in [2.24, 2.45) is 17.3 Å². The van der Waals surface area contributed by atoms with Crippen molar-refractivity contribution in [3.63, 3.8) is 0 Å². The van der Waals surface area contributed by atoms with Gasteiger partial charge in [-0.25, -0.2) is 0 Å². The summed E-state index contributed by atoms with van der Waals surface area (Å²) in [6.45, 7) is 6.85. The largest absolute Gasteiger partial charge is 0.299 e. The zero-order valence-electron chi connectivity index (χ0n) is 10.9. The highest BCUT2D eigenvalue weighted by Gasteiger charge is 2.34. The Bertz CT molecular complexity index is 277. The summed E-state index contributed by atoms with van der Waals surface area (Å²) in [6.07, 6.45) is 11.0. The highest BCUT2D eigenvalue weighted by Crippen LogP contribution is 2.40. The molecular formula is C15H24O. The van der Waals surface area contributed by atoms with Gasteiger partial charge in [0.1, 0.15) is 5.78 Å². The van der Waals surface area contributed by atoms with E-state index in [0.29, 0.717) is 17.1 Å². The predicted octanol–water partition coefficient (Wildman–Crippen LogP) is 3.82. The van der Waals surface area contributed by atoms with Gasteiger partial charge in [-0.2, -0.15) is 0 Å². The molecule has 1 saturated carbocycles. The van der Waals surface area contributed by atoms with Crippen LogP contribution in [0, 0.1) is 29.6 Å². The average molecular weight is 220 g/mol. The summed E-state index contributed by atoms with van der Waals surface area (Å²) in [4.78, 5) is 11.8. The van der Waals surface area contributed by atoms with Gasteiger partial charge in [-0.1, -0.05) is 20.8 Å². The normalized spacial score (nSPS) is 26.5. The summed E-state index contributed by atoms with van der Waals surface area (Å²) in [5.74, 6) is 4.10. The molecule has 0 N–H and O–H groups in total. The molecule has 1 aliphatic carbocycles. The van der Waals surface area contributed by atoms with E-state index >= 15 is 0 Å². The number of ketones is 1. The number of hydrogen-bond acceptors (Lipinski definition) is 1. The van der Waals surface area contributed by atoms with Crippen LogP contribution in [-0.2, 0) is 4.79 Å². The number of terminal acetylenes is 1. The van der Waals surface area contributed by atoms with E-state index in [1.807, 2.05) is 0 Å². The molecule has 0 amide bonds. The van der Waals surface area contributed by atoms with Gasteiger partial charge in [0.2, 0.25) is 0 Å². The van der Waals surface area contributed by atoms with Crippen molar-refractivity contribution < 1.29 is 4.79 Å². The molecule has 0 aromatic rings. The molecule has 1 aliphatic rings. The smallest absolute Gasteiger partial charge is 0.135 e. The minimum Gasteiger partial charge on any atom is -0.299 e. The third-order valence-electron chi connectivity index (χ3n) is 3.86. The van der Waals surface area contributed by atoms with Gasteiger partial charge < -0.3 is 0 Å². The summed E-state index contributed by atoms with van der Waals surface area (Å²) in [7, 11) is 0. The molecule has 0 unspecified atom stereocenters. The molecule has 2 atom stereocenters. The summed E-state index contributed by atoms with van der Waals surface area (Å²) < 4.78 is 0. The standard InChI is InChI=1S/C15H24O/c1-5-6-7-8-12-11-13(15(2,3)4)9-10-14(12)16/h1,12-13H,6-11H2,2-4H3/t12-,13-/m0/s1. The number of Topliss-reactive ketones (excluding diaryl/α,β-unsaturated/α-hetero) is 1. The van der Waals surface area contributed by atoms with Gasteiger partial charge >= 0.3 is 0 Å². The molecule has 0 heterocycles. The second-order valence-electron chi connectivity index (χ2n) is 6.10. The van der Waals surface area contributed by atoms with Crippen LogP contribution in [0.3, 0.4) is 0 Å². The van der Waals surface area contributed by atoms with Crippen molar-refractivity contribution in [1.82, 2.24) is 0 Å². The lowest BCUT2D eigenvalue weighted by Crippen LogP contribution is -2.32. The Morgan fingerprint density at radius 3 is 2.69 bits per heavy atom. The molecule has 1 fully saturated rings. The highest BCUT2D eigenvalue weighted by molar-refractivity contribution is 5.81. The van der Waals surface area contributed by atoms with Crippen LogP contribution in [0.2, 0.25) is 0 Å². The lowest BCUT2D eigenvalue weighted by atomic mass is 9.68. The van der Waals surface area contributed by atoms with E-state index in [1.165, 1.54) is 0 Å². The van der Waals surface area contributed by atoms with E-state index in [9.17, 15) is 4.79 Å². The SMILES string of the molecule is C#CCCC[C@H]1C[C@@H](C(C)(C)C)CCC1=O.